The largest absolute Gasteiger partial charge is 0.454 e. The van der Waals surface area contributed by atoms with Gasteiger partial charge in [-0.05, 0) is 52.2 Å². The number of hydrogen-bond donors (Lipinski definition) is 0. The van der Waals surface area contributed by atoms with Gasteiger partial charge in [0.1, 0.15) is 16.0 Å². The maximum absolute atomic E-state index is 12.2. The number of nitrogens with zero attached hydrogens (tertiary/aromatic N) is 3. The SMILES string of the molecule is CN(C)C(C)(C=O)SC1(C=O)CC(C#N)C(c2ccc3c(c2)OCO3)N1C. The van der Waals surface area contributed by atoms with E-state index in [0.717, 1.165) is 18.1 Å². The molecule has 0 radical (unpaired) electrons. The number of ether oxygens (including phenoxy) is 2. The van der Waals surface area contributed by atoms with Crippen molar-refractivity contribution in [1.29, 1.82) is 5.26 Å². The molecule has 1 aromatic carbocycles. The van der Waals surface area contributed by atoms with Crippen molar-refractivity contribution in [1.82, 2.24) is 9.80 Å². The van der Waals surface area contributed by atoms with Crippen molar-refractivity contribution < 1.29 is 19.1 Å². The highest BCUT2D eigenvalue weighted by molar-refractivity contribution is 8.03. The lowest BCUT2D eigenvalue weighted by molar-refractivity contribution is -0.113. The molecule has 0 spiro atoms. The summed E-state index contributed by atoms with van der Waals surface area (Å²) in [4.78, 5) is 25.8. The van der Waals surface area contributed by atoms with E-state index in [9.17, 15) is 14.9 Å². The molecule has 0 amide bonds. The number of benzene rings is 1. The minimum Gasteiger partial charge on any atom is -0.454 e. The van der Waals surface area contributed by atoms with E-state index in [0.29, 0.717) is 17.9 Å². The predicted molar refractivity (Wildman–Crippen MR) is 101 cm³/mol. The zero-order valence-electron chi connectivity index (χ0n) is 15.8. The number of hydrogen-bond acceptors (Lipinski definition) is 8. The zero-order valence-corrected chi connectivity index (χ0v) is 16.7. The van der Waals surface area contributed by atoms with Gasteiger partial charge in [0.25, 0.3) is 0 Å². The molecule has 0 bridgehead atoms. The fraction of sp³-hybridized carbons (Fsp3) is 0.526. The summed E-state index contributed by atoms with van der Waals surface area (Å²) in [6.07, 6.45) is 2.04. The lowest BCUT2D eigenvalue weighted by Crippen LogP contribution is -2.49. The van der Waals surface area contributed by atoms with Crippen LogP contribution in [0.2, 0.25) is 0 Å². The van der Waals surface area contributed by atoms with E-state index >= 15 is 0 Å². The van der Waals surface area contributed by atoms with E-state index in [2.05, 4.69) is 6.07 Å². The number of carbonyl (C=O) groups is 2. The van der Waals surface area contributed by atoms with Crippen molar-refractivity contribution >= 4 is 24.3 Å². The van der Waals surface area contributed by atoms with E-state index in [1.54, 1.807) is 25.9 Å². The summed E-state index contributed by atoms with van der Waals surface area (Å²) in [6, 6.07) is 7.64. The van der Waals surface area contributed by atoms with Gasteiger partial charge in [-0.15, -0.1) is 11.8 Å². The number of thioether (sulfide) groups is 1. The van der Waals surface area contributed by atoms with Crippen LogP contribution in [0, 0.1) is 17.2 Å². The number of fused-ring (bicyclic) bond motifs is 1. The number of likely N-dealkylation sites (N-methyl/N-ethyl adjacent to an activating group) is 2. The fourth-order valence-electron chi connectivity index (χ4n) is 3.59. The molecule has 4 atom stereocenters. The average Bonchev–Trinajstić information content (AvgIpc) is 3.23. The Morgan fingerprint density at radius 2 is 2.07 bits per heavy atom. The van der Waals surface area contributed by atoms with Crippen LogP contribution < -0.4 is 9.47 Å². The summed E-state index contributed by atoms with van der Waals surface area (Å²) in [6.45, 7) is 1.95. The second kappa shape index (κ2) is 7.15. The molecule has 27 heavy (non-hydrogen) atoms. The summed E-state index contributed by atoms with van der Waals surface area (Å²) >= 11 is 1.27. The van der Waals surface area contributed by atoms with Gasteiger partial charge >= 0.3 is 0 Å². The van der Waals surface area contributed by atoms with Crippen LogP contribution in [0.15, 0.2) is 18.2 Å². The fourth-order valence-corrected chi connectivity index (χ4v) is 5.11. The Morgan fingerprint density at radius 1 is 1.37 bits per heavy atom. The highest BCUT2D eigenvalue weighted by Crippen LogP contribution is 2.53. The van der Waals surface area contributed by atoms with Crippen LogP contribution in [0.4, 0.5) is 0 Å². The van der Waals surface area contributed by atoms with Gasteiger partial charge in [0.05, 0.1) is 18.0 Å². The van der Waals surface area contributed by atoms with Gasteiger partial charge in [-0.2, -0.15) is 5.26 Å². The van der Waals surface area contributed by atoms with Gasteiger partial charge in [-0.3, -0.25) is 9.80 Å². The Balaban J connectivity index is 1.99. The lowest BCUT2D eigenvalue weighted by Gasteiger charge is -2.41. The molecule has 0 aliphatic carbocycles. The Morgan fingerprint density at radius 3 is 2.67 bits per heavy atom. The quantitative estimate of drug-likeness (QED) is 0.540. The van der Waals surface area contributed by atoms with Gasteiger partial charge in [0.2, 0.25) is 6.79 Å². The van der Waals surface area contributed by atoms with Crippen LogP contribution >= 0.6 is 11.8 Å². The van der Waals surface area contributed by atoms with Crippen molar-refractivity contribution in [2.24, 2.45) is 5.92 Å². The van der Waals surface area contributed by atoms with E-state index in [1.807, 2.05) is 30.1 Å². The molecule has 8 heteroatoms. The van der Waals surface area contributed by atoms with Crippen molar-refractivity contribution in [2.75, 3.05) is 27.9 Å². The molecule has 1 fully saturated rings. The first-order chi connectivity index (χ1) is 12.8. The molecule has 2 heterocycles. The maximum Gasteiger partial charge on any atom is 0.231 e. The molecule has 1 aromatic rings. The predicted octanol–water partition coefficient (Wildman–Crippen LogP) is 2.04. The zero-order chi connectivity index (χ0) is 19.8. The molecule has 2 aliphatic heterocycles. The monoisotopic (exact) mass is 389 g/mol. The standard InChI is InChI=1S/C19H23N3O4S/c1-18(10-23,21(2)3)27-19(11-24)8-14(9-20)17(22(19)4)13-5-6-15-16(7-13)26-12-25-15/h5-7,10-11,14,17H,8,12H2,1-4H3. The van der Waals surface area contributed by atoms with Crippen LogP contribution in [0.3, 0.4) is 0 Å². The van der Waals surface area contributed by atoms with Gasteiger partial charge in [0, 0.05) is 0 Å². The van der Waals surface area contributed by atoms with Crippen molar-refractivity contribution in [3.05, 3.63) is 23.8 Å². The van der Waals surface area contributed by atoms with Crippen LogP contribution in [0.25, 0.3) is 0 Å². The molecule has 4 unspecified atom stereocenters. The summed E-state index contributed by atoms with van der Waals surface area (Å²) in [5.74, 6) is 0.913. The highest BCUT2D eigenvalue weighted by Gasteiger charge is 2.54. The molecule has 1 saturated heterocycles. The third-order valence-electron chi connectivity index (χ3n) is 5.49. The number of rotatable bonds is 6. The highest BCUT2D eigenvalue weighted by atomic mass is 32.2. The summed E-state index contributed by atoms with van der Waals surface area (Å²) in [5, 5.41) is 9.76. The van der Waals surface area contributed by atoms with Crippen molar-refractivity contribution in [2.45, 2.75) is 29.1 Å². The maximum atomic E-state index is 12.2. The van der Waals surface area contributed by atoms with Crippen molar-refractivity contribution in [3.8, 4) is 17.6 Å². The third-order valence-corrected chi connectivity index (χ3v) is 7.26. The van der Waals surface area contributed by atoms with Crippen LogP contribution in [0.5, 0.6) is 11.5 Å². The molecular weight excluding hydrogens is 366 g/mol. The number of carbonyl (C=O) groups excluding carboxylic acids is 2. The second-order valence-electron chi connectivity index (χ2n) is 7.24. The van der Waals surface area contributed by atoms with Gasteiger partial charge in [0.15, 0.2) is 17.8 Å². The van der Waals surface area contributed by atoms with Gasteiger partial charge in [-0.25, -0.2) is 0 Å². The minimum absolute atomic E-state index is 0.176. The second-order valence-corrected chi connectivity index (χ2v) is 8.98. The normalized spacial score (nSPS) is 29.3. The number of likely N-dealkylation sites (tertiary alicyclic amines) is 1. The Labute approximate surface area is 163 Å². The Bertz CT molecular complexity index is 796. The topological polar surface area (TPSA) is 82.9 Å². The molecule has 2 aliphatic rings. The number of aldehydes is 2. The minimum atomic E-state index is -0.985. The Hall–Kier alpha value is -2.08. The first-order valence-electron chi connectivity index (χ1n) is 8.62. The summed E-state index contributed by atoms with van der Waals surface area (Å²) in [7, 11) is 5.42. The molecule has 0 N–H and O–H groups in total. The van der Waals surface area contributed by atoms with Crippen LogP contribution in [0.1, 0.15) is 24.9 Å². The number of nitriles is 1. The van der Waals surface area contributed by atoms with Crippen molar-refractivity contribution in [3.63, 3.8) is 0 Å². The molecule has 0 saturated carbocycles. The molecule has 3 rings (SSSR count). The molecular formula is C19H23N3O4S. The third kappa shape index (κ3) is 3.20. The molecule has 0 aromatic heterocycles. The van der Waals surface area contributed by atoms with Gasteiger partial charge in [-0.1, -0.05) is 6.07 Å². The van der Waals surface area contributed by atoms with E-state index in [-0.39, 0.29) is 12.8 Å². The first kappa shape index (κ1) is 19.7. The smallest absolute Gasteiger partial charge is 0.231 e. The van der Waals surface area contributed by atoms with E-state index in [1.165, 1.54) is 11.8 Å². The Kier molecular flexibility index (Phi) is 5.21. The van der Waals surface area contributed by atoms with Crippen LogP contribution in [-0.4, -0.2) is 60.1 Å². The first-order valence-corrected chi connectivity index (χ1v) is 9.44. The van der Waals surface area contributed by atoms with E-state index in [4.69, 9.17) is 9.47 Å². The van der Waals surface area contributed by atoms with E-state index < -0.39 is 15.7 Å². The molecule has 144 valence electrons. The molecule has 7 nitrogen and oxygen atoms in total. The summed E-state index contributed by atoms with van der Waals surface area (Å²) in [5.41, 5.74) is 0.885. The van der Waals surface area contributed by atoms with Crippen LogP contribution in [-0.2, 0) is 9.59 Å². The van der Waals surface area contributed by atoms with Gasteiger partial charge < -0.3 is 19.1 Å². The average molecular weight is 389 g/mol. The lowest BCUT2D eigenvalue weighted by atomic mass is 9.94. The summed E-state index contributed by atoms with van der Waals surface area (Å²) < 4.78 is 10.8.